The Kier molecular flexibility index (Phi) is 1.99. The molecule has 0 radical (unpaired) electrons. The first-order valence-electron chi connectivity index (χ1n) is 4.61. The van der Waals surface area contributed by atoms with E-state index in [-0.39, 0.29) is 0 Å². The SMILES string of the molecule is CC1=CC(=C2C=CC=C2)CCC1. The van der Waals surface area contributed by atoms with Gasteiger partial charge in [-0.1, -0.05) is 36.0 Å². The fraction of sp³-hybridized carbons (Fsp3) is 0.333. The third-order valence-corrected chi connectivity index (χ3v) is 2.47. The predicted octanol–water partition coefficient (Wildman–Crippen LogP) is 3.54. The first kappa shape index (κ1) is 7.60. The van der Waals surface area contributed by atoms with Crippen LogP contribution in [0.1, 0.15) is 26.2 Å². The van der Waals surface area contributed by atoms with Crippen LogP contribution in [0.15, 0.2) is 47.1 Å². The van der Waals surface area contributed by atoms with Crippen LogP contribution < -0.4 is 0 Å². The zero-order chi connectivity index (χ0) is 8.39. The molecule has 0 N–H and O–H groups in total. The molecule has 2 rings (SSSR count). The summed E-state index contributed by atoms with van der Waals surface area (Å²) in [6.07, 6.45) is 14.8. The number of hydrogen-bond donors (Lipinski definition) is 0. The van der Waals surface area contributed by atoms with Gasteiger partial charge in [-0.15, -0.1) is 0 Å². The molecular formula is C12H14. The second-order valence-electron chi connectivity index (χ2n) is 3.54. The van der Waals surface area contributed by atoms with Gasteiger partial charge in [0.25, 0.3) is 0 Å². The molecule has 0 aromatic carbocycles. The van der Waals surface area contributed by atoms with Crippen LogP contribution in [0, 0.1) is 0 Å². The number of allylic oxidation sites excluding steroid dienone is 8. The number of hydrogen-bond acceptors (Lipinski definition) is 0. The first-order valence-corrected chi connectivity index (χ1v) is 4.61. The standard InChI is InChI=1S/C12H14/c1-10-5-4-8-12(9-10)11-6-2-3-7-11/h2-3,6-7,9H,4-5,8H2,1H3. The predicted molar refractivity (Wildman–Crippen MR) is 52.9 cm³/mol. The summed E-state index contributed by atoms with van der Waals surface area (Å²) in [5, 5.41) is 0. The van der Waals surface area contributed by atoms with Crippen molar-refractivity contribution in [1.29, 1.82) is 0 Å². The normalized spacial score (nSPS) is 21.9. The molecule has 0 aromatic heterocycles. The molecule has 2 aliphatic carbocycles. The lowest BCUT2D eigenvalue weighted by Gasteiger charge is -2.13. The van der Waals surface area contributed by atoms with Crippen molar-refractivity contribution in [2.45, 2.75) is 26.2 Å². The second kappa shape index (κ2) is 3.14. The van der Waals surface area contributed by atoms with Crippen LogP contribution in [0.3, 0.4) is 0 Å². The summed E-state index contributed by atoms with van der Waals surface area (Å²) in [5.74, 6) is 0. The van der Waals surface area contributed by atoms with Crippen LogP contribution in [0.4, 0.5) is 0 Å². The summed E-state index contributed by atoms with van der Waals surface area (Å²) in [6, 6.07) is 0. The first-order chi connectivity index (χ1) is 5.86. The van der Waals surface area contributed by atoms with E-state index in [1.165, 1.54) is 36.0 Å². The fourth-order valence-corrected chi connectivity index (χ4v) is 1.82. The van der Waals surface area contributed by atoms with Crippen LogP contribution in [-0.2, 0) is 0 Å². The van der Waals surface area contributed by atoms with Gasteiger partial charge in [-0.3, -0.25) is 0 Å². The van der Waals surface area contributed by atoms with Gasteiger partial charge in [0.2, 0.25) is 0 Å². The Balaban J connectivity index is 2.34. The summed E-state index contributed by atoms with van der Waals surface area (Å²) in [4.78, 5) is 0. The van der Waals surface area contributed by atoms with E-state index in [9.17, 15) is 0 Å². The van der Waals surface area contributed by atoms with Gasteiger partial charge in [0.15, 0.2) is 0 Å². The van der Waals surface area contributed by atoms with Crippen LogP contribution >= 0.6 is 0 Å². The van der Waals surface area contributed by atoms with Gasteiger partial charge in [0.05, 0.1) is 0 Å². The average molecular weight is 158 g/mol. The average Bonchev–Trinajstić information content (AvgIpc) is 2.56. The topological polar surface area (TPSA) is 0 Å². The van der Waals surface area contributed by atoms with E-state index in [4.69, 9.17) is 0 Å². The molecule has 0 amide bonds. The van der Waals surface area contributed by atoms with Crippen molar-refractivity contribution in [3.8, 4) is 0 Å². The largest absolute Gasteiger partial charge is 0.0730 e. The summed E-state index contributed by atoms with van der Waals surface area (Å²) in [7, 11) is 0. The van der Waals surface area contributed by atoms with Crippen LogP contribution in [0.2, 0.25) is 0 Å². The van der Waals surface area contributed by atoms with Crippen molar-refractivity contribution in [3.05, 3.63) is 47.1 Å². The zero-order valence-electron chi connectivity index (χ0n) is 7.51. The molecule has 0 aromatic rings. The molecule has 0 spiro atoms. The smallest absolute Gasteiger partial charge is 0.0225 e. The molecule has 0 saturated carbocycles. The third-order valence-electron chi connectivity index (χ3n) is 2.47. The Morgan fingerprint density at radius 2 is 1.83 bits per heavy atom. The summed E-state index contributed by atoms with van der Waals surface area (Å²) in [6.45, 7) is 2.22. The highest BCUT2D eigenvalue weighted by Gasteiger charge is 2.07. The maximum Gasteiger partial charge on any atom is -0.0225 e. The Morgan fingerprint density at radius 3 is 2.50 bits per heavy atom. The molecule has 0 aliphatic heterocycles. The van der Waals surface area contributed by atoms with E-state index < -0.39 is 0 Å². The minimum Gasteiger partial charge on any atom is -0.0730 e. The van der Waals surface area contributed by atoms with Gasteiger partial charge in [0.1, 0.15) is 0 Å². The lowest BCUT2D eigenvalue weighted by Crippen LogP contribution is -1.93. The van der Waals surface area contributed by atoms with E-state index in [0.29, 0.717) is 0 Å². The summed E-state index contributed by atoms with van der Waals surface area (Å²) >= 11 is 0. The minimum atomic E-state index is 1.25. The highest BCUT2D eigenvalue weighted by molar-refractivity contribution is 5.48. The van der Waals surface area contributed by atoms with E-state index in [0.717, 1.165) is 0 Å². The lowest BCUT2D eigenvalue weighted by molar-refractivity contribution is 0.781. The maximum absolute atomic E-state index is 2.35. The fourth-order valence-electron chi connectivity index (χ4n) is 1.82. The Labute approximate surface area is 74.0 Å². The van der Waals surface area contributed by atoms with E-state index >= 15 is 0 Å². The van der Waals surface area contributed by atoms with Crippen LogP contribution in [-0.4, -0.2) is 0 Å². The van der Waals surface area contributed by atoms with E-state index in [1.807, 2.05) is 0 Å². The molecule has 0 fully saturated rings. The van der Waals surface area contributed by atoms with Crippen LogP contribution in [0.5, 0.6) is 0 Å². The van der Waals surface area contributed by atoms with Crippen molar-refractivity contribution >= 4 is 0 Å². The zero-order valence-corrected chi connectivity index (χ0v) is 7.51. The van der Waals surface area contributed by atoms with Gasteiger partial charge in [-0.25, -0.2) is 0 Å². The molecule has 0 saturated heterocycles. The highest BCUT2D eigenvalue weighted by atomic mass is 14.1. The Morgan fingerprint density at radius 1 is 1.08 bits per heavy atom. The van der Waals surface area contributed by atoms with Crippen molar-refractivity contribution < 1.29 is 0 Å². The molecule has 12 heavy (non-hydrogen) atoms. The molecule has 0 nitrogen and oxygen atoms in total. The van der Waals surface area contributed by atoms with Crippen molar-refractivity contribution in [1.82, 2.24) is 0 Å². The van der Waals surface area contributed by atoms with E-state index in [2.05, 4.69) is 37.3 Å². The van der Waals surface area contributed by atoms with Gasteiger partial charge in [-0.2, -0.15) is 0 Å². The maximum atomic E-state index is 2.35. The molecular weight excluding hydrogens is 144 g/mol. The van der Waals surface area contributed by atoms with Gasteiger partial charge < -0.3 is 0 Å². The molecule has 0 heterocycles. The molecule has 0 heteroatoms. The molecule has 0 atom stereocenters. The van der Waals surface area contributed by atoms with Gasteiger partial charge in [0, 0.05) is 0 Å². The van der Waals surface area contributed by atoms with Crippen LogP contribution in [0.25, 0.3) is 0 Å². The molecule has 0 bridgehead atoms. The number of rotatable bonds is 0. The second-order valence-corrected chi connectivity index (χ2v) is 3.54. The van der Waals surface area contributed by atoms with Gasteiger partial charge >= 0.3 is 0 Å². The summed E-state index contributed by atoms with van der Waals surface area (Å²) in [5.41, 5.74) is 4.45. The Hall–Kier alpha value is -1.04. The summed E-state index contributed by atoms with van der Waals surface area (Å²) < 4.78 is 0. The monoisotopic (exact) mass is 158 g/mol. The Bertz CT molecular complexity index is 284. The van der Waals surface area contributed by atoms with E-state index in [1.54, 1.807) is 0 Å². The van der Waals surface area contributed by atoms with Crippen molar-refractivity contribution in [2.75, 3.05) is 0 Å². The molecule has 62 valence electrons. The third kappa shape index (κ3) is 1.42. The van der Waals surface area contributed by atoms with Gasteiger partial charge in [-0.05, 0) is 37.3 Å². The van der Waals surface area contributed by atoms with Crippen molar-refractivity contribution in [2.24, 2.45) is 0 Å². The minimum absolute atomic E-state index is 1.25. The molecule has 2 aliphatic rings. The quantitative estimate of drug-likeness (QED) is 0.506. The lowest BCUT2D eigenvalue weighted by atomic mass is 9.93. The highest BCUT2D eigenvalue weighted by Crippen LogP contribution is 2.26. The molecule has 0 unspecified atom stereocenters. The van der Waals surface area contributed by atoms with Crippen molar-refractivity contribution in [3.63, 3.8) is 0 Å².